The third-order valence-corrected chi connectivity index (χ3v) is 4.99. The van der Waals surface area contributed by atoms with Gasteiger partial charge in [-0.05, 0) is 80.0 Å². The van der Waals surface area contributed by atoms with Crippen molar-refractivity contribution in [1.82, 2.24) is 5.32 Å². The van der Waals surface area contributed by atoms with Crippen LogP contribution < -0.4 is 10.1 Å². The van der Waals surface area contributed by atoms with Crippen molar-refractivity contribution in [3.8, 4) is 5.75 Å². The number of aryl methyl sites for hydroxylation is 2. The summed E-state index contributed by atoms with van der Waals surface area (Å²) in [5.74, 6) is 0.318. The van der Waals surface area contributed by atoms with Gasteiger partial charge in [-0.2, -0.15) is 0 Å². The molecule has 3 rings (SSSR count). The fourth-order valence-corrected chi connectivity index (χ4v) is 3.41. The molecule has 0 saturated heterocycles. The van der Waals surface area contributed by atoms with Crippen LogP contribution in [-0.4, -0.2) is 12.0 Å². The van der Waals surface area contributed by atoms with E-state index in [0.717, 1.165) is 24.2 Å². The largest absolute Gasteiger partial charge is 0.481 e. The van der Waals surface area contributed by atoms with Crippen molar-refractivity contribution in [2.75, 3.05) is 0 Å². The lowest BCUT2D eigenvalue weighted by Gasteiger charge is -2.22. The minimum Gasteiger partial charge on any atom is -0.481 e. The van der Waals surface area contributed by atoms with Crippen LogP contribution in [-0.2, 0) is 17.6 Å². The zero-order chi connectivity index (χ0) is 18.5. The first-order chi connectivity index (χ1) is 12.6. The van der Waals surface area contributed by atoms with Gasteiger partial charge in [-0.3, -0.25) is 4.79 Å². The van der Waals surface area contributed by atoms with E-state index in [1.165, 1.54) is 36.1 Å². The summed E-state index contributed by atoms with van der Waals surface area (Å²) < 4.78 is 19.0. The molecule has 1 amide bonds. The van der Waals surface area contributed by atoms with E-state index in [-0.39, 0.29) is 17.8 Å². The summed E-state index contributed by atoms with van der Waals surface area (Å²) in [6.45, 7) is 3.82. The highest BCUT2D eigenvalue weighted by Crippen LogP contribution is 2.26. The lowest BCUT2D eigenvalue weighted by molar-refractivity contribution is -0.128. The lowest BCUT2D eigenvalue weighted by Crippen LogP contribution is -2.39. The van der Waals surface area contributed by atoms with E-state index in [2.05, 4.69) is 17.4 Å². The molecule has 2 atom stereocenters. The normalized spacial score (nSPS) is 15.7. The Balaban J connectivity index is 1.64. The van der Waals surface area contributed by atoms with Gasteiger partial charge in [0.15, 0.2) is 6.10 Å². The highest BCUT2D eigenvalue weighted by atomic mass is 19.1. The molecular weight excluding hydrogens is 329 g/mol. The maximum atomic E-state index is 13.1. The molecule has 2 aromatic rings. The van der Waals surface area contributed by atoms with Crippen LogP contribution in [0, 0.1) is 5.82 Å². The van der Waals surface area contributed by atoms with Gasteiger partial charge in [0.1, 0.15) is 11.6 Å². The number of ether oxygens (including phenoxy) is 1. The maximum Gasteiger partial charge on any atom is 0.261 e. The number of nitrogens with one attached hydrogen (secondary N) is 1. The van der Waals surface area contributed by atoms with Crippen LogP contribution in [0.1, 0.15) is 55.8 Å². The van der Waals surface area contributed by atoms with Gasteiger partial charge >= 0.3 is 0 Å². The molecule has 2 aromatic carbocycles. The van der Waals surface area contributed by atoms with E-state index < -0.39 is 6.10 Å². The molecule has 3 nitrogen and oxygen atoms in total. The second-order valence-electron chi connectivity index (χ2n) is 6.93. The van der Waals surface area contributed by atoms with Crippen LogP contribution >= 0.6 is 0 Å². The van der Waals surface area contributed by atoms with Crippen molar-refractivity contribution in [2.24, 2.45) is 0 Å². The van der Waals surface area contributed by atoms with Gasteiger partial charge < -0.3 is 10.1 Å². The highest BCUT2D eigenvalue weighted by Gasteiger charge is 2.21. The second-order valence-corrected chi connectivity index (χ2v) is 6.93. The molecule has 0 fully saturated rings. The van der Waals surface area contributed by atoms with Crippen molar-refractivity contribution < 1.29 is 13.9 Å². The Labute approximate surface area is 154 Å². The van der Waals surface area contributed by atoms with Crippen LogP contribution in [0.4, 0.5) is 4.39 Å². The molecular formula is C22H26FNO2. The van der Waals surface area contributed by atoms with Crippen LogP contribution in [0.3, 0.4) is 0 Å². The molecule has 0 bridgehead atoms. The van der Waals surface area contributed by atoms with Gasteiger partial charge in [-0.1, -0.05) is 25.1 Å². The summed E-state index contributed by atoms with van der Waals surface area (Å²) in [6.07, 6.45) is 4.70. The van der Waals surface area contributed by atoms with Crippen LogP contribution in [0.5, 0.6) is 5.75 Å². The SMILES string of the molecule is CC[C@@H](Oc1ccc2c(c1)CCCC2)C(=O)N[C@@H](C)c1ccc(F)cc1. The molecule has 0 aromatic heterocycles. The Bertz CT molecular complexity index is 757. The fourth-order valence-electron chi connectivity index (χ4n) is 3.41. The van der Waals surface area contributed by atoms with Crippen molar-refractivity contribution in [3.63, 3.8) is 0 Å². The van der Waals surface area contributed by atoms with Crippen LogP contribution in [0.2, 0.25) is 0 Å². The summed E-state index contributed by atoms with van der Waals surface area (Å²) in [5.41, 5.74) is 3.60. The average Bonchev–Trinajstić information content (AvgIpc) is 2.66. The summed E-state index contributed by atoms with van der Waals surface area (Å²) in [4.78, 5) is 12.6. The Morgan fingerprint density at radius 2 is 1.81 bits per heavy atom. The Hall–Kier alpha value is -2.36. The predicted octanol–water partition coefficient (Wildman–Crippen LogP) is 4.74. The zero-order valence-corrected chi connectivity index (χ0v) is 15.4. The highest BCUT2D eigenvalue weighted by molar-refractivity contribution is 5.81. The summed E-state index contributed by atoms with van der Waals surface area (Å²) >= 11 is 0. The van der Waals surface area contributed by atoms with E-state index in [0.29, 0.717) is 6.42 Å². The van der Waals surface area contributed by atoms with E-state index in [1.807, 2.05) is 19.9 Å². The number of hydrogen-bond donors (Lipinski definition) is 1. The quantitative estimate of drug-likeness (QED) is 0.813. The standard InChI is InChI=1S/C22H26FNO2/c1-3-21(22(25)24-15(2)16-8-11-19(23)12-9-16)26-20-13-10-17-6-4-5-7-18(17)14-20/h8-15,21H,3-7H2,1-2H3,(H,24,25)/t15-,21+/m0/s1. The second kappa shape index (κ2) is 8.35. The van der Waals surface area contributed by atoms with Crippen molar-refractivity contribution in [3.05, 3.63) is 65.0 Å². The molecule has 26 heavy (non-hydrogen) atoms. The van der Waals surface area contributed by atoms with Gasteiger partial charge in [0.25, 0.3) is 5.91 Å². The van der Waals surface area contributed by atoms with E-state index in [9.17, 15) is 9.18 Å². The summed E-state index contributed by atoms with van der Waals surface area (Å²) in [7, 11) is 0. The number of hydrogen-bond acceptors (Lipinski definition) is 2. The molecule has 1 aliphatic rings. The number of carbonyl (C=O) groups excluding carboxylic acids is 1. The van der Waals surface area contributed by atoms with Gasteiger partial charge in [0.05, 0.1) is 6.04 Å². The first kappa shape index (κ1) is 18.4. The molecule has 1 aliphatic carbocycles. The third-order valence-electron chi connectivity index (χ3n) is 4.99. The maximum absolute atomic E-state index is 13.1. The van der Waals surface area contributed by atoms with Crippen molar-refractivity contribution in [1.29, 1.82) is 0 Å². The van der Waals surface area contributed by atoms with Gasteiger partial charge in [0, 0.05) is 0 Å². The molecule has 0 heterocycles. The number of halogens is 1. The number of fused-ring (bicyclic) bond motifs is 1. The Kier molecular flexibility index (Phi) is 5.92. The predicted molar refractivity (Wildman–Crippen MR) is 101 cm³/mol. The number of rotatable bonds is 6. The van der Waals surface area contributed by atoms with Gasteiger partial charge in [-0.15, -0.1) is 0 Å². The van der Waals surface area contributed by atoms with Crippen LogP contribution in [0.25, 0.3) is 0 Å². The van der Waals surface area contributed by atoms with E-state index >= 15 is 0 Å². The van der Waals surface area contributed by atoms with E-state index in [1.54, 1.807) is 12.1 Å². The summed E-state index contributed by atoms with van der Waals surface area (Å²) in [6, 6.07) is 12.1. The first-order valence-corrected chi connectivity index (χ1v) is 9.41. The molecule has 1 N–H and O–H groups in total. The van der Waals surface area contributed by atoms with E-state index in [4.69, 9.17) is 4.74 Å². The third kappa shape index (κ3) is 4.43. The summed E-state index contributed by atoms with van der Waals surface area (Å²) in [5, 5.41) is 2.96. The first-order valence-electron chi connectivity index (χ1n) is 9.41. The molecule has 4 heteroatoms. The smallest absolute Gasteiger partial charge is 0.261 e. The van der Waals surface area contributed by atoms with Crippen LogP contribution in [0.15, 0.2) is 42.5 Å². The Morgan fingerprint density at radius 1 is 1.12 bits per heavy atom. The molecule has 138 valence electrons. The fraction of sp³-hybridized carbons (Fsp3) is 0.409. The zero-order valence-electron chi connectivity index (χ0n) is 15.4. The average molecular weight is 355 g/mol. The lowest BCUT2D eigenvalue weighted by atomic mass is 9.92. The van der Waals surface area contributed by atoms with Crippen molar-refractivity contribution >= 4 is 5.91 Å². The number of amides is 1. The molecule has 0 saturated carbocycles. The monoisotopic (exact) mass is 355 g/mol. The number of carbonyl (C=O) groups is 1. The topological polar surface area (TPSA) is 38.3 Å². The molecule has 0 unspecified atom stereocenters. The number of benzene rings is 2. The minimum absolute atomic E-state index is 0.151. The van der Waals surface area contributed by atoms with Crippen molar-refractivity contribution in [2.45, 2.75) is 58.1 Å². The van der Waals surface area contributed by atoms with Gasteiger partial charge in [-0.25, -0.2) is 4.39 Å². The molecule has 0 radical (unpaired) electrons. The Morgan fingerprint density at radius 3 is 2.50 bits per heavy atom. The van der Waals surface area contributed by atoms with Gasteiger partial charge in [0.2, 0.25) is 0 Å². The molecule has 0 spiro atoms. The minimum atomic E-state index is -0.542. The molecule has 0 aliphatic heterocycles.